The lowest BCUT2D eigenvalue weighted by Crippen LogP contribution is -2.09. The van der Waals surface area contributed by atoms with Gasteiger partial charge in [-0.1, -0.05) is 91.3 Å². The first-order valence-electron chi connectivity index (χ1n) is 36.1. The third-order valence-corrected chi connectivity index (χ3v) is 20.0. The molecule has 6 aromatic carbocycles. The summed E-state index contributed by atoms with van der Waals surface area (Å²) >= 11 is 6.10. The van der Waals surface area contributed by atoms with Gasteiger partial charge in [0.25, 0.3) is 0 Å². The number of pyridine rings is 1. The van der Waals surface area contributed by atoms with Crippen molar-refractivity contribution in [3.05, 3.63) is 229 Å². The van der Waals surface area contributed by atoms with Gasteiger partial charge in [0.2, 0.25) is 0 Å². The molecular formula is C85H81ClF3N11O8. The van der Waals surface area contributed by atoms with Crippen LogP contribution in [0.15, 0.2) is 147 Å². The Hall–Kier alpha value is -11.7. The molecule has 0 saturated heterocycles. The smallest absolute Gasteiger partial charge is 0.305 e. The maximum atomic E-state index is 13.5. The Morgan fingerprint density at radius 2 is 0.824 bits per heavy atom. The Labute approximate surface area is 626 Å². The van der Waals surface area contributed by atoms with E-state index in [0.717, 1.165) is 140 Å². The third-order valence-electron chi connectivity index (χ3n) is 19.8. The number of rotatable bonds is 20. The van der Waals surface area contributed by atoms with E-state index in [0.29, 0.717) is 68.3 Å². The van der Waals surface area contributed by atoms with E-state index in [4.69, 9.17) is 26.6 Å². The first kappa shape index (κ1) is 74.6. The van der Waals surface area contributed by atoms with Gasteiger partial charge in [-0.25, -0.2) is 28.1 Å². The fourth-order valence-corrected chi connectivity index (χ4v) is 15.3. The molecule has 19 nitrogen and oxygen atoms in total. The third kappa shape index (κ3) is 15.2. The lowest BCUT2D eigenvalue weighted by molar-refractivity contribution is -0.138. The quantitative estimate of drug-likeness (QED) is 0.0558. The Balaban J connectivity index is 0.000000127. The summed E-state index contributed by atoms with van der Waals surface area (Å²) in [6.07, 6.45) is 8.29. The summed E-state index contributed by atoms with van der Waals surface area (Å²) in [7, 11) is 0. The number of fused-ring (bicyclic) bond motifs is 8. The van der Waals surface area contributed by atoms with Crippen LogP contribution in [-0.2, 0) is 71.3 Å². The second-order valence-corrected chi connectivity index (χ2v) is 29.0. The molecule has 0 aliphatic carbocycles. The molecule has 4 aliphatic heterocycles. The molecule has 0 saturated carbocycles. The highest BCUT2D eigenvalue weighted by molar-refractivity contribution is 6.30. The summed E-state index contributed by atoms with van der Waals surface area (Å²) in [5.41, 5.74) is 25.0. The van der Waals surface area contributed by atoms with Gasteiger partial charge in [0.15, 0.2) is 5.65 Å². The van der Waals surface area contributed by atoms with Crippen molar-refractivity contribution in [2.24, 2.45) is 20.0 Å². The molecule has 0 unspecified atom stereocenters. The second-order valence-electron chi connectivity index (χ2n) is 28.5. The van der Waals surface area contributed by atoms with Crippen LogP contribution in [0.1, 0.15) is 184 Å². The zero-order chi connectivity index (χ0) is 76.5. The number of hydrogen-bond donors (Lipinski definition) is 4. The predicted molar refractivity (Wildman–Crippen MR) is 418 cm³/mol. The van der Waals surface area contributed by atoms with E-state index >= 15 is 0 Å². The maximum absolute atomic E-state index is 13.5. The van der Waals surface area contributed by atoms with Gasteiger partial charge < -0.3 is 34.1 Å². The molecule has 552 valence electrons. The van der Waals surface area contributed by atoms with Gasteiger partial charge >= 0.3 is 23.9 Å². The molecule has 0 atom stereocenters. The van der Waals surface area contributed by atoms with Crippen molar-refractivity contribution in [2.75, 3.05) is 0 Å². The normalized spacial score (nSPS) is 12.9. The minimum Gasteiger partial charge on any atom is -0.481 e. The van der Waals surface area contributed by atoms with Crippen LogP contribution in [0.25, 0.3) is 77.6 Å². The molecule has 108 heavy (non-hydrogen) atoms. The van der Waals surface area contributed by atoms with Crippen LogP contribution in [0, 0.1) is 17.5 Å². The molecule has 0 fully saturated rings. The van der Waals surface area contributed by atoms with Crippen molar-refractivity contribution >= 4 is 104 Å². The fourth-order valence-electron chi connectivity index (χ4n) is 15.2. The Morgan fingerprint density at radius 3 is 1.30 bits per heavy atom. The first-order valence-corrected chi connectivity index (χ1v) is 36.5. The number of aromatic nitrogens is 7. The number of benzene rings is 6. The minimum absolute atomic E-state index is 0.0114. The van der Waals surface area contributed by atoms with Gasteiger partial charge in [0.05, 0.1) is 61.4 Å². The number of carboxylic acid groups (broad SMARTS) is 4. The molecule has 23 heteroatoms. The molecule has 4 N–H and O–H groups in total. The lowest BCUT2D eigenvalue weighted by Gasteiger charge is -2.15. The SMILES string of the molecule is CC(C)c1c(-c2ccc(Cl)cc2)c2cc3c(cc2n1CCC(=O)O)CN=C3.CC(C)c1c(-c2ccc(F)cc2)c2cc3c(cc2n1CCC(=O)O)CN=C3.CC(C)c1c(CCC(=O)O)c2nc3c(cc2n1-c1ccc(F)cc1)C=NC3.CC(C)c1c(CCC(=O)O)c2nc3c(nc2n1-c1ccc(F)cc1)C=NC3. The van der Waals surface area contributed by atoms with Crippen molar-refractivity contribution in [3.63, 3.8) is 0 Å². The molecule has 0 spiro atoms. The fraction of sp³-hybridized carbons (Fsp3) is 0.282. The number of hydrogen-bond acceptors (Lipinski definition) is 11. The van der Waals surface area contributed by atoms with Gasteiger partial charge in [0, 0.05) is 140 Å². The highest BCUT2D eigenvalue weighted by Gasteiger charge is 2.30. The minimum atomic E-state index is -0.857. The van der Waals surface area contributed by atoms with Crippen LogP contribution >= 0.6 is 11.6 Å². The van der Waals surface area contributed by atoms with Gasteiger partial charge in [-0.15, -0.1) is 0 Å². The van der Waals surface area contributed by atoms with E-state index in [9.17, 15) is 52.8 Å². The van der Waals surface area contributed by atoms with E-state index in [1.165, 1.54) is 42.0 Å². The van der Waals surface area contributed by atoms with Gasteiger partial charge in [-0.3, -0.25) is 43.7 Å². The van der Waals surface area contributed by atoms with Crippen molar-refractivity contribution in [1.82, 2.24) is 33.2 Å². The number of carbonyl (C=O) groups is 4. The van der Waals surface area contributed by atoms with Gasteiger partial charge in [-0.2, -0.15) is 0 Å². The van der Waals surface area contributed by atoms with Crippen molar-refractivity contribution in [3.8, 4) is 33.6 Å². The average molecular weight is 1480 g/mol. The molecule has 6 aromatic heterocycles. The van der Waals surface area contributed by atoms with Crippen LogP contribution < -0.4 is 0 Å². The topological polar surface area (TPSA) is 257 Å². The standard InChI is InChI=1S/C22H21ClN2O2.C22H21FN2O2.C21H20FN3O2.C20H19FN4O2/c2*1-13(2)22-21(14-3-5-17(23)6-4-14)18-9-15-11-24-12-16(15)10-19(18)25(22)8-7-20(26)27;1-12(2)21-16(7-8-19(26)27)20-18(9-13-10-23-11-17(13)24-20)25(21)15-5-3-14(22)4-6-15;1-11(2)19-14(7-8-17(26)27)18-20(24-16-10-22-9-15(16)23-18)25(19)13-5-3-12(21)4-6-13/h2*3-6,9-11,13H,7-8,12H2,1-2H3,(H,26,27);3-6,9-10,12H,7-8,11H2,1-2H3,(H,26,27);3-6,10-11H,7-9H2,1-2H3,(H,26,27). The van der Waals surface area contributed by atoms with E-state index in [2.05, 4.69) is 99.5 Å². The number of aliphatic imine (C=N–C) groups is 4. The Morgan fingerprint density at radius 1 is 0.426 bits per heavy atom. The second kappa shape index (κ2) is 31.4. The molecular weight excluding hydrogens is 1400 g/mol. The van der Waals surface area contributed by atoms with Crippen LogP contribution in [0.3, 0.4) is 0 Å². The summed E-state index contributed by atoms with van der Waals surface area (Å²) < 4.78 is 48.7. The van der Waals surface area contributed by atoms with Crippen molar-refractivity contribution < 1.29 is 52.8 Å². The largest absolute Gasteiger partial charge is 0.481 e. The number of halogens is 4. The Kier molecular flexibility index (Phi) is 21.7. The van der Waals surface area contributed by atoms with E-state index in [1.807, 2.05) is 67.4 Å². The zero-order valence-electron chi connectivity index (χ0n) is 61.1. The summed E-state index contributed by atoms with van der Waals surface area (Å²) in [5, 5.41) is 39.7. The molecule has 0 amide bonds. The first-order chi connectivity index (χ1) is 51.8. The molecule has 10 heterocycles. The van der Waals surface area contributed by atoms with E-state index in [1.54, 1.807) is 42.6 Å². The molecule has 4 aliphatic rings. The zero-order valence-corrected chi connectivity index (χ0v) is 61.8. The van der Waals surface area contributed by atoms with Gasteiger partial charge in [0.1, 0.15) is 28.7 Å². The van der Waals surface area contributed by atoms with Crippen molar-refractivity contribution in [1.29, 1.82) is 0 Å². The summed E-state index contributed by atoms with van der Waals surface area (Å²) in [6, 6.07) is 37.6. The van der Waals surface area contributed by atoms with Crippen LogP contribution in [0.2, 0.25) is 5.02 Å². The summed E-state index contributed by atoms with van der Waals surface area (Å²) in [4.78, 5) is 76.4. The summed E-state index contributed by atoms with van der Waals surface area (Å²) in [6.45, 7) is 20.0. The number of carboxylic acids is 4. The summed E-state index contributed by atoms with van der Waals surface area (Å²) in [5.74, 6) is -3.48. The molecule has 16 rings (SSSR count). The number of nitrogens with zero attached hydrogens (tertiary/aromatic N) is 11. The van der Waals surface area contributed by atoms with E-state index in [-0.39, 0.29) is 66.8 Å². The van der Waals surface area contributed by atoms with E-state index < -0.39 is 23.9 Å². The predicted octanol–water partition coefficient (Wildman–Crippen LogP) is 18.3. The molecule has 12 aromatic rings. The van der Waals surface area contributed by atoms with Crippen molar-refractivity contribution in [2.45, 2.75) is 157 Å². The number of aryl methyl sites for hydroxylation is 4. The van der Waals surface area contributed by atoms with Gasteiger partial charge in [-0.05, 0) is 173 Å². The number of aliphatic carboxylic acids is 4. The highest BCUT2D eigenvalue weighted by atomic mass is 35.5. The monoisotopic (exact) mass is 1480 g/mol. The lowest BCUT2D eigenvalue weighted by atomic mass is 9.95. The maximum Gasteiger partial charge on any atom is 0.305 e. The highest BCUT2D eigenvalue weighted by Crippen LogP contribution is 2.44. The Bertz CT molecular complexity index is 4960. The average Bonchev–Trinajstić information content (AvgIpc) is 1.61. The van der Waals surface area contributed by atoms with Crippen LogP contribution in [-0.4, -0.2) is 102 Å². The molecule has 0 radical (unpaired) electrons. The molecule has 0 bridgehead atoms. The van der Waals surface area contributed by atoms with Crippen LogP contribution in [0.5, 0.6) is 0 Å². The van der Waals surface area contributed by atoms with Crippen LogP contribution in [0.4, 0.5) is 13.2 Å².